The number of rotatable bonds is 4. The van der Waals surface area contributed by atoms with Crippen molar-refractivity contribution in [1.82, 2.24) is 10.2 Å². The second-order valence-corrected chi connectivity index (χ2v) is 6.09. The molecule has 1 saturated heterocycles. The van der Waals surface area contributed by atoms with Crippen molar-refractivity contribution in [2.45, 2.75) is 18.0 Å². The van der Waals surface area contributed by atoms with Gasteiger partial charge < -0.3 is 10.1 Å². The van der Waals surface area contributed by atoms with Gasteiger partial charge in [-0.3, -0.25) is 4.90 Å². The molecule has 1 heterocycles. The van der Waals surface area contributed by atoms with Gasteiger partial charge in [0.25, 0.3) is 0 Å². The quantitative estimate of drug-likeness (QED) is 0.842. The lowest BCUT2D eigenvalue weighted by atomic mass is 10.2. The third-order valence-corrected chi connectivity index (χ3v) is 3.92. The fraction of sp³-hybridized carbons (Fsp3) is 0.368. The Morgan fingerprint density at radius 2 is 1.70 bits per heavy atom. The standard InChI is InChI=1S/C11H15NOS.C8H11N/c14-11-3-1-2-10(8-11)9-12-4-6-13-7-5-12;1-9-7-8-5-3-2-4-6-8/h1-3,8,14H,4-7,9H2;2-6,9H,7H2,1H3. The zero-order valence-electron chi connectivity index (χ0n) is 13.7. The molecular formula is C19H26N2OS. The van der Waals surface area contributed by atoms with E-state index in [0.29, 0.717) is 0 Å². The van der Waals surface area contributed by atoms with Crippen LogP contribution in [0.5, 0.6) is 0 Å². The summed E-state index contributed by atoms with van der Waals surface area (Å²) >= 11 is 4.33. The summed E-state index contributed by atoms with van der Waals surface area (Å²) in [6, 6.07) is 18.7. The Kier molecular flexibility index (Phi) is 8.18. The van der Waals surface area contributed by atoms with Gasteiger partial charge in [0.2, 0.25) is 0 Å². The van der Waals surface area contributed by atoms with Gasteiger partial charge in [-0.15, -0.1) is 12.6 Å². The van der Waals surface area contributed by atoms with E-state index in [0.717, 1.165) is 44.3 Å². The van der Waals surface area contributed by atoms with Crippen LogP contribution in [-0.2, 0) is 17.8 Å². The van der Waals surface area contributed by atoms with E-state index < -0.39 is 0 Å². The number of benzene rings is 2. The zero-order chi connectivity index (χ0) is 16.3. The minimum Gasteiger partial charge on any atom is -0.379 e. The Bertz CT molecular complexity index is 556. The molecule has 2 aromatic carbocycles. The molecule has 0 aliphatic carbocycles. The fourth-order valence-corrected chi connectivity index (χ4v) is 2.72. The Morgan fingerprint density at radius 1 is 1.00 bits per heavy atom. The number of nitrogens with one attached hydrogen (secondary N) is 1. The van der Waals surface area contributed by atoms with E-state index in [2.05, 4.69) is 53.2 Å². The second-order valence-electron chi connectivity index (χ2n) is 5.57. The maximum Gasteiger partial charge on any atom is 0.0594 e. The summed E-state index contributed by atoms with van der Waals surface area (Å²) < 4.78 is 5.30. The largest absolute Gasteiger partial charge is 0.379 e. The van der Waals surface area contributed by atoms with Crippen LogP contribution in [-0.4, -0.2) is 38.3 Å². The maximum atomic E-state index is 5.30. The van der Waals surface area contributed by atoms with Gasteiger partial charge in [0, 0.05) is 31.1 Å². The van der Waals surface area contributed by atoms with Gasteiger partial charge >= 0.3 is 0 Å². The molecule has 1 aliphatic heterocycles. The topological polar surface area (TPSA) is 24.5 Å². The second kappa shape index (κ2) is 10.4. The first kappa shape index (κ1) is 18.0. The average molecular weight is 330 g/mol. The Balaban J connectivity index is 0.000000185. The molecule has 1 fully saturated rings. The van der Waals surface area contributed by atoms with Gasteiger partial charge in [-0.2, -0.15) is 0 Å². The molecule has 1 N–H and O–H groups in total. The monoisotopic (exact) mass is 330 g/mol. The molecule has 0 saturated carbocycles. The molecule has 0 bridgehead atoms. The van der Waals surface area contributed by atoms with E-state index in [4.69, 9.17) is 4.74 Å². The third kappa shape index (κ3) is 7.18. The number of hydrogen-bond acceptors (Lipinski definition) is 4. The molecule has 124 valence electrons. The summed E-state index contributed by atoms with van der Waals surface area (Å²) in [5.74, 6) is 0. The van der Waals surface area contributed by atoms with Gasteiger partial charge in [0.05, 0.1) is 13.2 Å². The van der Waals surface area contributed by atoms with Crippen LogP contribution in [0.15, 0.2) is 59.5 Å². The predicted octanol–water partition coefficient (Wildman–Crippen LogP) is 3.21. The van der Waals surface area contributed by atoms with Crippen molar-refractivity contribution in [2.24, 2.45) is 0 Å². The van der Waals surface area contributed by atoms with Crippen LogP contribution in [0, 0.1) is 0 Å². The number of thiol groups is 1. The molecule has 0 amide bonds. The number of morpholine rings is 1. The summed E-state index contributed by atoms with van der Waals surface area (Å²) in [6.07, 6.45) is 0. The molecule has 0 atom stereocenters. The Morgan fingerprint density at radius 3 is 2.35 bits per heavy atom. The molecule has 2 aromatic rings. The van der Waals surface area contributed by atoms with Crippen LogP contribution in [0.4, 0.5) is 0 Å². The number of nitrogens with zero attached hydrogens (tertiary/aromatic N) is 1. The fourth-order valence-electron chi connectivity index (χ4n) is 2.47. The van der Waals surface area contributed by atoms with E-state index >= 15 is 0 Å². The lowest BCUT2D eigenvalue weighted by Crippen LogP contribution is -2.35. The molecule has 0 radical (unpaired) electrons. The first-order valence-corrected chi connectivity index (χ1v) is 8.49. The average Bonchev–Trinajstić information content (AvgIpc) is 2.58. The van der Waals surface area contributed by atoms with E-state index in [9.17, 15) is 0 Å². The van der Waals surface area contributed by atoms with Crippen molar-refractivity contribution in [2.75, 3.05) is 33.4 Å². The molecule has 4 heteroatoms. The highest BCUT2D eigenvalue weighted by Gasteiger charge is 2.10. The van der Waals surface area contributed by atoms with Gasteiger partial charge in [0.15, 0.2) is 0 Å². The van der Waals surface area contributed by atoms with E-state index in [-0.39, 0.29) is 0 Å². The highest BCUT2D eigenvalue weighted by Crippen LogP contribution is 2.11. The first-order valence-electron chi connectivity index (χ1n) is 8.04. The van der Waals surface area contributed by atoms with Crippen molar-refractivity contribution >= 4 is 12.6 Å². The summed E-state index contributed by atoms with van der Waals surface area (Å²) in [5, 5.41) is 3.08. The number of hydrogen-bond donors (Lipinski definition) is 2. The highest BCUT2D eigenvalue weighted by molar-refractivity contribution is 7.80. The van der Waals surface area contributed by atoms with Crippen LogP contribution in [0.3, 0.4) is 0 Å². The molecule has 0 aromatic heterocycles. The maximum absolute atomic E-state index is 5.30. The van der Waals surface area contributed by atoms with Crippen molar-refractivity contribution in [3.05, 3.63) is 65.7 Å². The van der Waals surface area contributed by atoms with E-state index in [1.807, 2.05) is 31.3 Å². The molecule has 3 nitrogen and oxygen atoms in total. The molecular weight excluding hydrogens is 304 g/mol. The summed E-state index contributed by atoms with van der Waals surface area (Å²) in [6.45, 7) is 5.77. The van der Waals surface area contributed by atoms with E-state index in [1.54, 1.807) is 0 Å². The highest BCUT2D eigenvalue weighted by atomic mass is 32.1. The van der Waals surface area contributed by atoms with Gasteiger partial charge in [-0.1, -0.05) is 42.5 Å². The minimum absolute atomic E-state index is 0.862. The minimum atomic E-state index is 0.862. The predicted molar refractivity (Wildman–Crippen MR) is 99.0 cm³/mol. The van der Waals surface area contributed by atoms with Crippen LogP contribution in [0.1, 0.15) is 11.1 Å². The van der Waals surface area contributed by atoms with Gasteiger partial charge in [-0.25, -0.2) is 0 Å². The smallest absolute Gasteiger partial charge is 0.0594 e. The number of ether oxygens (including phenoxy) is 1. The summed E-state index contributed by atoms with van der Waals surface area (Å²) in [7, 11) is 1.95. The molecule has 0 spiro atoms. The summed E-state index contributed by atoms with van der Waals surface area (Å²) in [5.41, 5.74) is 2.67. The SMILES string of the molecule is CNCc1ccccc1.Sc1cccc(CN2CCOCC2)c1. The van der Waals surface area contributed by atoms with Crippen molar-refractivity contribution < 1.29 is 4.74 Å². The lowest BCUT2D eigenvalue weighted by molar-refractivity contribution is 0.0341. The Hall–Kier alpha value is -1.33. The van der Waals surface area contributed by atoms with E-state index in [1.165, 1.54) is 11.1 Å². The van der Waals surface area contributed by atoms with Crippen LogP contribution in [0.2, 0.25) is 0 Å². The molecule has 3 rings (SSSR count). The van der Waals surface area contributed by atoms with Crippen LogP contribution in [0.25, 0.3) is 0 Å². The third-order valence-electron chi connectivity index (χ3n) is 3.64. The van der Waals surface area contributed by atoms with Crippen molar-refractivity contribution in [3.8, 4) is 0 Å². The lowest BCUT2D eigenvalue weighted by Gasteiger charge is -2.26. The van der Waals surface area contributed by atoms with Crippen LogP contribution >= 0.6 is 12.6 Å². The normalized spacial score (nSPS) is 14.9. The van der Waals surface area contributed by atoms with Crippen molar-refractivity contribution in [1.29, 1.82) is 0 Å². The van der Waals surface area contributed by atoms with Gasteiger partial charge in [-0.05, 0) is 30.3 Å². The summed E-state index contributed by atoms with van der Waals surface area (Å²) in [4.78, 5) is 3.45. The van der Waals surface area contributed by atoms with Gasteiger partial charge in [0.1, 0.15) is 0 Å². The first-order chi connectivity index (χ1) is 11.3. The van der Waals surface area contributed by atoms with Crippen LogP contribution < -0.4 is 5.32 Å². The van der Waals surface area contributed by atoms with Crippen molar-refractivity contribution in [3.63, 3.8) is 0 Å². The zero-order valence-corrected chi connectivity index (χ0v) is 14.6. The molecule has 1 aliphatic rings. The molecule has 23 heavy (non-hydrogen) atoms. The Labute approximate surface area is 145 Å². The molecule has 0 unspecified atom stereocenters.